The van der Waals surface area contributed by atoms with Gasteiger partial charge in [-0.1, -0.05) is 67.4 Å². The van der Waals surface area contributed by atoms with Gasteiger partial charge in [-0.05, 0) is 24.1 Å². The Kier molecular flexibility index (Phi) is 6.85. The summed E-state index contributed by atoms with van der Waals surface area (Å²) in [4.78, 5) is 19.3. The Hall–Kier alpha value is -2.37. The number of thiazole rings is 1. The molecule has 0 aliphatic rings. The Balaban J connectivity index is 1.73. The van der Waals surface area contributed by atoms with E-state index in [2.05, 4.69) is 17.2 Å². The van der Waals surface area contributed by atoms with Crippen LogP contribution in [-0.4, -0.2) is 22.3 Å². The molecule has 0 aliphatic carbocycles. The minimum Gasteiger partial charge on any atom is -0.333 e. The van der Waals surface area contributed by atoms with Crippen LogP contribution in [0.15, 0.2) is 60.0 Å². The fraction of sp³-hybridized carbons (Fsp3) is 0.238. The number of rotatable bonds is 8. The lowest BCUT2D eigenvalue weighted by Gasteiger charge is -2.21. The number of carbonyl (C=O) groups is 1. The molecule has 0 radical (unpaired) electrons. The molecule has 1 aromatic heterocycles. The number of carbonyl (C=O) groups excluding carboxylic acids is 1. The van der Waals surface area contributed by atoms with E-state index in [-0.39, 0.29) is 5.91 Å². The third-order valence-corrected chi connectivity index (χ3v) is 5.21. The van der Waals surface area contributed by atoms with E-state index in [1.54, 1.807) is 5.38 Å². The summed E-state index contributed by atoms with van der Waals surface area (Å²) in [5, 5.41) is 6.25. The highest BCUT2D eigenvalue weighted by molar-refractivity contribution is 7.14. The number of benzene rings is 2. The van der Waals surface area contributed by atoms with Crippen molar-refractivity contribution in [3.05, 3.63) is 76.3 Å². The van der Waals surface area contributed by atoms with Gasteiger partial charge in [0.25, 0.3) is 5.91 Å². The number of unbranched alkanes of at least 4 members (excludes halogenated alkanes) is 1. The second kappa shape index (κ2) is 9.53. The van der Waals surface area contributed by atoms with Gasteiger partial charge < -0.3 is 10.2 Å². The number of nitrogens with zero attached hydrogens (tertiary/aromatic N) is 2. The molecule has 0 saturated heterocycles. The van der Waals surface area contributed by atoms with Gasteiger partial charge in [-0.25, -0.2) is 4.98 Å². The first-order valence-corrected chi connectivity index (χ1v) is 10.2. The molecule has 1 heterocycles. The second-order valence-electron chi connectivity index (χ2n) is 6.21. The first-order valence-electron chi connectivity index (χ1n) is 8.97. The molecule has 1 amide bonds. The highest BCUT2D eigenvalue weighted by atomic mass is 35.5. The van der Waals surface area contributed by atoms with Crippen molar-refractivity contribution in [3.8, 4) is 0 Å². The summed E-state index contributed by atoms with van der Waals surface area (Å²) in [5.74, 6) is -0.0456. The van der Waals surface area contributed by atoms with E-state index in [0.29, 0.717) is 22.4 Å². The standard InChI is InChI=1S/C21H22ClN3OS/c1-2-3-13-25(14-16-9-5-4-6-10-16)20(26)19-15-27-21(24-19)23-18-12-8-7-11-17(18)22/h4-12,15H,2-3,13-14H2,1H3,(H,23,24). The quantitative estimate of drug-likeness (QED) is 0.506. The predicted octanol–water partition coefficient (Wildman–Crippen LogP) is 5.98. The number of anilines is 2. The number of amides is 1. The molecule has 0 bridgehead atoms. The zero-order valence-corrected chi connectivity index (χ0v) is 16.8. The number of hydrogen-bond acceptors (Lipinski definition) is 4. The van der Waals surface area contributed by atoms with Gasteiger partial charge in [0.2, 0.25) is 0 Å². The Bertz CT molecular complexity index is 882. The minimum atomic E-state index is -0.0456. The van der Waals surface area contributed by atoms with Crippen molar-refractivity contribution in [3.63, 3.8) is 0 Å². The Labute approximate surface area is 168 Å². The summed E-state index contributed by atoms with van der Waals surface area (Å²) in [6, 6.07) is 17.5. The Morgan fingerprint density at radius 2 is 1.89 bits per heavy atom. The van der Waals surface area contributed by atoms with Gasteiger partial charge >= 0.3 is 0 Å². The zero-order valence-electron chi connectivity index (χ0n) is 15.2. The molecule has 3 rings (SSSR count). The molecule has 0 unspecified atom stereocenters. The molecule has 140 valence electrons. The number of nitrogens with one attached hydrogen (secondary N) is 1. The topological polar surface area (TPSA) is 45.2 Å². The van der Waals surface area contributed by atoms with Gasteiger partial charge in [0.05, 0.1) is 10.7 Å². The van der Waals surface area contributed by atoms with Crippen molar-refractivity contribution in [1.82, 2.24) is 9.88 Å². The van der Waals surface area contributed by atoms with Crippen LogP contribution in [0.2, 0.25) is 5.02 Å². The van der Waals surface area contributed by atoms with E-state index in [1.807, 2.05) is 59.5 Å². The Morgan fingerprint density at radius 3 is 2.63 bits per heavy atom. The summed E-state index contributed by atoms with van der Waals surface area (Å²) in [5.41, 5.74) is 2.35. The fourth-order valence-electron chi connectivity index (χ4n) is 2.67. The summed E-state index contributed by atoms with van der Waals surface area (Å²) in [7, 11) is 0. The fourth-order valence-corrected chi connectivity index (χ4v) is 3.55. The van der Waals surface area contributed by atoms with Crippen LogP contribution in [0.5, 0.6) is 0 Å². The van der Waals surface area contributed by atoms with Gasteiger partial charge in [0.15, 0.2) is 5.13 Å². The van der Waals surface area contributed by atoms with E-state index in [0.717, 1.165) is 30.6 Å². The molecule has 6 heteroatoms. The lowest BCUT2D eigenvalue weighted by Crippen LogP contribution is -2.31. The SMILES string of the molecule is CCCCN(Cc1ccccc1)C(=O)c1csc(Nc2ccccc2Cl)n1. The lowest BCUT2D eigenvalue weighted by atomic mass is 10.2. The summed E-state index contributed by atoms with van der Waals surface area (Å²) in [6.45, 7) is 3.43. The first kappa shape index (κ1) is 19.4. The molecule has 4 nitrogen and oxygen atoms in total. The van der Waals surface area contributed by atoms with Crippen LogP contribution in [0.25, 0.3) is 0 Å². The van der Waals surface area contributed by atoms with Crippen molar-refractivity contribution in [2.75, 3.05) is 11.9 Å². The van der Waals surface area contributed by atoms with E-state index in [9.17, 15) is 4.79 Å². The molecule has 1 N–H and O–H groups in total. The smallest absolute Gasteiger partial charge is 0.273 e. The van der Waals surface area contributed by atoms with E-state index < -0.39 is 0 Å². The normalized spacial score (nSPS) is 10.6. The summed E-state index contributed by atoms with van der Waals surface area (Å²) in [6.07, 6.45) is 2.00. The second-order valence-corrected chi connectivity index (χ2v) is 7.47. The van der Waals surface area contributed by atoms with Gasteiger partial charge in [0.1, 0.15) is 5.69 Å². The maximum atomic E-state index is 13.0. The van der Waals surface area contributed by atoms with Gasteiger partial charge in [-0.15, -0.1) is 11.3 Å². The van der Waals surface area contributed by atoms with Crippen LogP contribution in [-0.2, 0) is 6.54 Å². The molecule has 3 aromatic rings. The van der Waals surface area contributed by atoms with Gasteiger partial charge in [-0.3, -0.25) is 4.79 Å². The van der Waals surface area contributed by atoms with Crippen molar-refractivity contribution in [2.24, 2.45) is 0 Å². The highest BCUT2D eigenvalue weighted by Crippen LogP contribution is 2.27. The van der Waals surface area contributed by atoms with Crippen LogP contribution < -0.4 is 5.32 Å². The van der Waals surface area contributed by atoms with Gasteiger partial charge in [-0.2, -0.15) is 0 Å². The van der Waals surface area contributed by atoms with Crippen LogP contribution in [0.4, 0.5) is 10.8 Å². The molecular weight excluding hydrogens is 378 g/mol. The highest BCUT2D eigenvalue weighted by Gasteiger charge is 2.19. The molecule has 0 saturated carbocycles. The van der Waals surface area contributed by atoms with Crippen LogP contribution in [0, 0.1) is 0 Å². The molecule has 0 atom stereocenters. The van der Waals surface area contributed by atoms with Crippen molar-refractivity contribution >= 4 is 39.7 Å². The molecule has 0 fully saturated rings. The number of halogens is 1. The molecule has 27 heavy (non-hydrogen) atoms. The van der Waals surface area contributed by atoms with Crippen LogP contribution in [0.1, 0.15) is 35.8 Å². The van der Waals surface area contributed by atoms with Crippen molar-refractivity contribution in [1.29, 1.82) is 0 Å². The zero-order chi connectivity index (χ0) is 19.1. The predicted molar refractivity (Wildman–Crippen MR) is 113 cm³/mol. The summed E-state index contributed by atoms with van der Waals surface area (Å²) < 4.78 is 0. The third-order valence-electron chi connectivity index (χ3n) is 4.12. The van der Waals surface area contributed by atoms with E-state index in [4.69, 9.17) is 11.6 Å². The molecule has 0 spiro atoms. The van der Waals surface area contributed by atoms with E-state index >= 15 is 0 Å². The first-order chi connectivity index (χ1) is 13.2. The van der Waals surface area contributed by atoms with Crippen molar-refractivity contribution in [2.45, 2.75) is 26.3 Å². The largest absolute Gasteiger partial charge is 0.333 e. The monoisotopic (exact) mass is 399 g/mol. The number of aromatic nitrogens is 1. The maximum Gasteiger partial charge on any atom is 0.273 e. The summed E-state index contributed by atoms with van der Waals surface area (Å²) >= 11 is 7.58. The molecule has 0 aliphatic heterocycles. The maximum absolute atomic E-state index is 13.0. The average molecular weight is 400 g/mol. The van der Waals surface area contributed by atoms with Gasteiger partial charge in [0, 0.05) is 18.5 Å². The number of para-hydroxylation sites is 1. The minimum absolute atomic E-state index is 0.0456. The third kappa shape index (κ3) is 5.31. The van der Waals surface area contributed by atoms with Crippen molar-refractivity contribution < 1.29 is 4.79 Å². The average Bonchev–Trinajstić information content (AvgIpc) is 3.16. The molecular formula is C21H22ClN3OS. The lowest BCUT2D eigenvalue weighted by molar-refractivity contribution is 0.0736. The van der Waals surface area contributed by atoms with Crippen LogP contribution in [0.3, 0.4) is 0 Å². The number of hydrogen-bond donors (Lipinski definition) is 1. The molecule has 2 aromatic carbocycles. The Morgan fingerprint density at radius 1 is 1.15 bits per heavy atom. The van der Waals surface area contributed by atoms with Crippen LogP contribution >= 0.6 is 22.9 Å². The van der Waals surface area contributed by atoms with E-state index in [1.165, 1.54) is 11.3 Å².